The Hall–Kier alpha value is -2.88. The molecule has 0 aliphatic carbocycles. The fourth-order valence-electron chi connectivity index (χ4n) is 2.80. The van der Waals surface area contributed by atoms with Gasteiger partial charge in [-0.2, -0.15) is 13.2 Å². The van der Waals surface area contributed by atoms with Crippen molar-refractivity contribution < 1.29 is 18.0 Å². The molecule has 4 heteroatoms. The highest BCUT2D eigenvalue weighted by atomic mass is 19.4. The summed E-state index contributed by atoms with van der Waals surface area (Å²) in [6, 6.07) is 22.4. The zero-order valence-corrected chi connectivity index (χ0v) is 13.2. The van der Waals surface area contributed by atoms with Crippen molar-refractivity contribution in [2.24, 2.45) is 0 Å². The van der Waals surface area contributed by atoms with Gasteiger partial charge in [-0.05, 0) is 17.2 Å². The highest BCUT2D eigenvalue weighted by Gasteiger charge is 2.32. The van der Waals surface area contributed by atoms with Crippen molar-refractivity contribution in [2.45, 2.75) is 12.1 Å². The SMILES string of the molecule is O=C(c1ccccc1)C(c1ccccc1)c1cccc(C(F)(F)F)c1. The van der Waals surface area contributed by atoms with Crippen LogP contribution in [0.5, 0.6) is 0 Å². The van der Waals surface area contributed by atoms with Crippen molar-refractivity contribution in [2.75, 3.05) is 0 Å². The number of hydrogen-bond donors (Lipinski definition) is 0. The van der Waals surface area contributed by atoms with Crippen LogP contribution in [-0.4, -0.2) is 5.78 Å². The lowest BCUT2D eigenvalue weighted by molar-refractivity contribution is -0.137. The Bertz CT molecular complexity index is 855. The van der Waals surface area contributed by atoms with Gasteiger partial charge in [-0.1, -0.05) is 78.9 Å². The van der Waals surface area contributed by atoms with E-state index in [1.165, 1.54) is 6.07 Å². The molecular formula is C21H15F3O. The maximum atomic E-state index is 13.1. The number of alkyl halides is 3. The van der Waals surface area contributed by atoms with Crippen LogP contribution in [0.3, 0.4) is 0 Å². The van der Waals surface area contributed by atoms with Crippen LogP contribution in [0.4, 0.5) is 13.2 Å². The van der Waals surface area contributed by atoms with Gasteiger partial charge in [0.25, 0.3) is 0 Å². The van der Waals surface area contributed by atoms with Crippen molar-refractivity contribution in [3.63, 3.8) is 0 Å². The van der Waals surface area contributed by atoms with Gasteiger partial charge >= 0.3 is 6.18 Å². The predicted molar refractivity (Wildman–Crippen MR) is 90.5 cm³/mol. The lowest BCUT2D eigenvalue weighted by atomic mass is 9.84. The maximum Gasteiger partial charge on any atom is 0.416 e. The predicted octanol–water partition coefficient (Wildman–Crippen LogP) is 5.72. The van der Waals surface area contributed by atoms with Gasteiger partial charge in [0.1, 0.15) is 0 Å². The minimum absolute atomic E-state index is 0.230. The Kier molecular flexibility index (Phi) is 4.70. The van der Waals surface area contributed by atoms with E-state index in [-0.39, 0.29) is 5.78 Å². The van der Waals surface area contributed by atoms with Crippen molar-refractivity contribution >= 4 is 5.78 Å². The molecule has 0 saturated heterocycles. The first-order valence-electron chi connectivity index (χ1n) is 7.78. The van der Waals surface area contributed by atoms with E-state index in [0.29, 0.717) is 16.7 Å². The number of ketones is 1. The Labute approximate surface area is 143 Å². The molecule has 0 fully saturated rings. The third-order valence-electron chi connectivity index (χ3n) is 4.00. The molecule has 1 nitrogen and oxygen atoms in total. The number of halogens is 3. The number of Topliss-reactive ketones (excluding diaryl/α,β-unsaturated/α-hetero) is 1. The van der Waals surface area contributed by atoms with E-state index >= 15 is 0 Å². The summed E-state index contributed by atoms with van der Waals surface area (Å²) in [6.45, 7) is 0. The molecule has 0 radical (unpaired) electrons. The summed E-state index contributed by atoms with van der Waals surface area (Å²) in [7, 11) is 0. The molecule has 1 atom stereocenters. The van der Waals surface area contributed by atoms with E-state index in [2.05, 4.69) is 0 Å². The summed E-state index contributed by atoms with van der Waals surface area (Å²) in [5.41, 5.74) is 0.700. The molecule has 1 unspecified atom stereocenters. The van der Waals surface area contributed by atoms with Crippen LogP contribution >= 0.6 is 0 Å². The summed E-state index contributed by atoms with van der Waals surface area (Å²) in [4.78, 5) is 13.0. The summed E-state index contributed by atoms with van der Waals surface area (Å²) < 4.78 is 39.2. The molecule has 0 spiro atoms. The van der Waals surface area contributed by atoms with E-state index in [1.807, 2.05) is 0 Å². The first kappa shape index (κ1) is 17.0. The standard InChI is InChI=1S/C21H15F3O/c22-21(23,24)18-13-7-12-17(14-18)19(15-8-3-1-4-9-15)20(25)16-10-5-2-6-11-16/h1-14,19H. The third-order valence-corrected chi connectivity index (χ3v) is 4.00. The quantitative estimate of drug-likeness (QED) is 0.555. The average Bonchev–Trinajstić information content (AvgIpc) is 2.63. The minimum Gasteiger partial charge on any atom is -0.293 e. The molecule has 0 aliphatic rings. The van der Waals surface area contributed by atoms with Gasteiger partial charge in [0, 0.05) is 5.56 Å². The zero-order valence-electron chi connectivity index (χ0n) is 13.2. The molecule has 3 rings (SSSR count). The van der Waals surface area contributed by atoms with Crippen LogP contribution in [0.25, 0.3) is 0 Å². The Morgan fingerprint density at radius 1 is 0.720 bits per heavy atom. The molecule has 126 valence electrons. The van der Waals surface area contributed by atoms with Crippen LogP contribution in [0.2, 0.25) is 0 Å². The fourth-order valence-corrected chi connectivity index (χ4v) is 2.80. The normalized spacial score (nSPS) is 12.6. The lowest BCUT2D eigenvalue weighted by Crippen LogP contribution is -2.15. The van der Waals surface area contributed by atoms with Gasteiger partial charge in [-0.15, -0.1) is 0 Å². The second-order valence-electron chi connectivity index (χ2n) is 5.70. The van der Waals surface area contributed by atoms with E-state index in [4.69, 9.17) is 0 Å². The first-order valence-corrected chi connectivity index (χ1v) is 7.78. The fraction of sp³-hybridized carbons (Fsp3) is 0.0952. The third kappa shape index (κ3) is 3.79. The smallest absolute Gasteiger partial charge is 0.293 e. The molecule has 0 heterocycles. The molecule has 3 aromatic carbocycles. The first-order chi connectivity index (χ1) is 12.0. The number of carbonyl (C=O) groups is 1. The van der Waals surface area contributed by atoms with Crippen LogP contribution in [-0.2, 0) is 6.18 Å². The van der Waals surface area contributed by atoms with Gasteiger partial charge < -0.3 is 0 Å². The highest BCUT2D eigenvalue weighted by molar-refractivity contribution is 6.03. The minimum atomic E-state index is -4.45. The number of benzene rings is 3. The van der Waals surface area contributed by atoms with Crippen molar-refractivity contribution in [1.29, 1.82) is 0 Å². The van der Waals surface area contributed by atoms with Crippen LogP contribution in [0.15, 0.2) is 84.9 Å². The summed E-state index contributed by atoms with van der Waals surface area (Å²) in [6.07, 6.45) is -4.45. The van der Waals surface area contributed by atoms with E-state index in [0.717, 1.165) is 12.1 Å². The molecule has 25 heavy (non-hydrogen) atoms. The van der Waals surface area contributed by atoms with Gasteiger partial charge in [0.2, 0.25) is 0 Å². The Morgan fingerprint density at radius 2 is 1.28 bits per heavy atom. The van der Waals surface area contributed by atoms with Crippen LogP contribution in [0, 0.1) is 0 Å². The summed E-state index contributed by atoms with van der Waals surface area (Å²) >= 11 is 0. The highest BCUT2D eigenvalue weighted by Crippen LogP contribution is 2.34. The second kappa shape index (κ2) is 6.93. The van der Waals surface area contributed by atoms with E-state index < -0.39 is 17.7 Å². The molecule has 0 aromatic heterocycles. The van der Waals surface area contributed by atoms with Gasteiger partial charge in [-0.25, -0.2) is 0 Å². The summed E-state index contributed by atoms with van der Waals surface area (Å²) in [5, 5.41) is 0. The van der Waals surface area contributed by atoms with Crippen LogP contribution in [0.1, 0.15) is 33.0 Å². The molecule has 0 N–H and O–H groups in total. The maximum absolute atomic E-state index is 13.1. The topological polar surface area (TPSA) is 17.1 Å². The number of carbonyl (C=O) groups excluding carboxylic acids is 1. The van der Waals surface area contributed by atoms with Gasteiger partial charge in [0.05, 0.1) is 11.5 Å². The lowest BCUT2D eigenvalue weighted by Gasteiger charge is -2.18. The number of rotatable bonds is 4. The van der Waals surface area contributed by atoms with E-state index in [1.54, 1.807) is 66.7 Å². The molecule has 0 saturated carbocycles. The number of hydrogen-bond acceptors (Lipinski definition) is 1. The van der Waals surface area contributed by atoms with Gasteiger partial charge in [0.15, 0.2) is 5.78 Å². The molecular weight excluding hydrogens is 325 g/mol. The zero-order chi connectivity index (χ0) is 17.9. The van der Waals surface area contributed by atoms with Crippen LogP contribution < -0.4 is 0 Å². The van der Waals surface area contributed by atoms with E-state index in [9.17, 15) is 18.0 Å². The van der Waals surface area contributed by atoms with Gasteiger partial charge in [-0.3, -0.25) is 4.79 Å². The molecule has 0 bridgehead atoms. The Balaban J connectivity index is 2.11. The van der Waals surface area contributed by atoms with Crippen molar-refractivity contribution in [3.8, 4) is 0 Å². The molecule has 0 aliphatic heterocycles. The molecule has 3 aromatic rings. The molecule has 0 amide bonds. The van der Waals surface area contributed by atoms with Crippen molar-refractivity contribution in [3.05, 3.63) is 107 Å². The average molecular weight is 340 g/mol. The van der Waals surface area contributed by atoms with Crippen molar-refractivity contribution in [1.82, 2.24) is 0 Å². The summed E-state index contributed by atoms with van der Waals surface area (Å²) in [5.74, 6) is -1.02. The second-order valence-corrected chi connectivity index (χ2v) is 5.70. The Morgan fingerprint density at radius 3 is 1.88 bits per heavy atom. The monoisotopic (exact) mass is 340 g/mol. The largest absolute Gasteiger partial charge is 0.416 e.